The molecular formula is C12H11N3O2. The number of benzene rings is 1. The van der Waals surface area contributed by atoms with Gasteiger partial charge in [-0.1, -0.05) is 5.92 Å². The van der Waals surface area contributed by atoms with Crippen molar-refractivity contribution < 1.29 is 9.37 Å². The quantitative estimate of drug-likeness (QED) is 0.684. The van der Waals surface area contributed by atoms with Gasteiger partial charge in [0.25, 0.3) is 0 Å². The van der Waals surface area contributed by atoms with E-state index in [4.69, 9.17) is 15.8 Å². The lowest BCUT2D eigenvalue weighted by atomic mass is 10.1. The zero-order valence-electron chi connectivity index (χ0n) is 9.22. The van der Waals surface area contributed by atoms with E-state index in [0.717, 1.165) is 29.9 Å². The molecule has 0 spiro atoms. The van der Waals surface area contributed by atoms with Crippen molar-refractivity contribution >= 4 is 16.7 Å². The molecule has 2 heterocycles. The van der Waals surface area contributed by atoms with Gasteiger partial charge in [-0.05, 0) is 22.4 Å². The maximum Gasteiger partial charge on any atom is 0.158 e. The van der Waals surface area contributed by atoms with Crippen LogP contribution in [-0.2, 0) is 4.74 Å². The molecule has 86 valence electrons. The van der Waals surface area contributed by atoms with Gasteiger partial charge in [-0.15, -0.1) is 6.42 Å². The third kappa shape index (κ3) is 1.73. The highest BCUT2D eigenvalue weighted by molar-refractivity contribution is 5.89. The Balaban J connectivity index is 2.12. The van der Waals surface area contributed by atoms with Crippen molar-refractivity contribution in [2.45, 2.75) is 0 Å². The summed E-state index contributed by atoms with van der Waals surface area (Å²) in [7, 11) is 0. The Morgan fingerprint density at radius 2 is 2.06 bits per heavy atom. The van der Waals surface area contributed by atoms with Gasteiger partial charge < -0.3 is 9.64 Å². The molecule has 3 rings (SSSR count). The Morgan fingerprint density at radius 1 is 1.24 bits per heavy atom. The fourth-order valence-electron chi connectivity index (χ4n) is 2.00. The minimum Gasteiger partial charge on any atom is -0.378 e. The van der Waals surface area contributed by atoms with Crippen LogP contribution in [-0.4, -0.2) is 36.6 Å². The fraction of sp³-hybridized carbons (Fsp3) is 0.333. The second-order valence-electron chi connectivity index (χ2n) is 3.87. The Morgan fingerprint density at radius 3 is 2.82 bits per heavy atom. The van der Waals surface area contributed by atoms with Crippen LogP contribution in [0.25, 0.3) is 11.0 Å². The summed E-state index contributed by atoms with van der Waals surface area (Å²) >= 11 is 0. The Bertz CT molecular complexity index is 579. The molecule has 1 aromatic heterocycles. The predicted octanol–water partition coefficient (Wildman–Crippen LogP) is 1.04. The van der Waals surface area contributed by atoms with E-state index in [9.17, 15) is 0 Å². The Labute approximate surface area is 98.3 Å². The molecule has 1 saturated heterocycles. The van der Waals surface area contributed by atoms with Crippen LogP contribution in [0, 0.1) is 12.3 Å². The van der Waals surface area contributed by atoms with Crippen LogP contribution < -0.4 is 4.90 Å². The van der Waals surface area contributed by atoms with Crippen molar-refractivity contribution in [2.24, 2.45) is 0 Å². The number of fused-ring (bicyclic) bond motifs is 1. The molecule has 5 heteroatoms. The maximum absolute atomic E-state index is 5.44. The summed E-state index contributed by atoms with van der Waals surface area (Å²) in [5.74, 6) is 2.62. The van der Waals surface area contributed by atoms with E-state index in [1.165, 1.54) is 0 Å². The van der Waals surface area contributed by atoms with E-state index in [2.05, 4.69) is 21.1 Å². The number of ether oxygens (including phenoxy) is 1. The summed E-state index contributed by atoms with van der Waals surface area (Å²) in [5, 5.41) is 7.78. The zero-order valence-corrected chi connectivity index (χ0v) is 9.22. The Hall–Kier alpha value is -2.06. The first-order chi connectivity index (χ1) is 8.38. The monoisotopic (exact) mass is 229 g/mol. The minimum absolute atomic E-state index is 0.696. The molecule has 0 amide bonds. The third-order valence-electron chi connectivity index (χ3n) is 2.86. The van der Waals surface area contributed by atoms with Gasteiger partial charge in [-0.3, -0.25) is 0 Å². The highest BCUT2D eigenvalue weighted by Gasteiger charge is 2.17. The molecule has 0 radical (unpaired) electrons. The van der Waals surface area contributed by atoms with Gasteiger partial charge >= 0.3 is 0 Å². The van der Waals surface area contributed by atoms with Crippen molar-refractivity contribution in [2.75, 3.05) is 31.2 Å². The van der Waals surface area contributed by atoms with Crippen LogP contribution in [0.5, 0.6) is 0 Å². The second kappa shape index (κ2) is 4.07. The molecule has 1 aliphatic heterocycles. The second-order valence-corrected chi connectivity index (χ2v) is 3.87. The predicted molar refractivity (Wildman–Crippen MR) is 62.8 cm³/mol. The lowest BCUT2D eigenvalue weighted by Crippen LogP contribution is -2.36. The van der Waals surface area contributed by atoms with Crippen molar-refractivity contribution in [3.05, 3.63) is 17.7 Å². The first-order valence-electron chi connectivity index (χ1n) is 5.44. The van der Waals surface area contributed by atoms with Crippen LogP contribution in [0.2, 0.25) is 0 Å². The molecular weight excluding hydrogens is 218 g/mol. The molecule has 0 bridgehead atoms. The molecule has 0 aliphatic carbocycles. The van der Waals surface area contributed by atoms with Crippen LogP contribution in [0.3, 0.4) is 0 Å². The SMILES string of the molecule is C#Cc1cc(N2CCOCC2)c2nonc2c1. The molecule has 0 N–H and O–H groups in total. The van der Waals surface area contributed by atoms with Crippen molar-refractivity contribution in [1.29, 1.82) is 0 Å². The van der Waals surface area contributed by atoms with E-state index < -0.39 is 0 Å². The van der Waals surface area contributed by atoms with E-state index in [-0.39, 0.29) is 0 Å². The molecule has 1 aromatic carbocycles. The molecule has 0 atom stereocenters. The molecule has 2 aromatic rings. The number of morpholine rings is 1. The summed E-state index contributed by atoms with van der Waals surface area (Å²) in [6.07, 6.45) is 5.44. The van der Waals surface area contributed by atoms with Crippen LogP contribution in [0.1, 0.15) is 5.56 Å². The fourth-order valence-corrected chi connectivity index (χ4v) is 2.00. The number of aromatic nitrogens is 2. The van der Waals surface area contributed by atoms with Gasteiger partial charge in [0.05, 0.1) is 18.9 Å². The maximum atomic E-state index is 5.44. The topological polar surface area (TPSA) is 51.4 Å². The highest BCUT2D eigenvalue weighted by Crippen LogP contribution is 2.26. The molecule has 0 unspecified atom stereocenters. The molecule has 1 aliphatic rings. The van der Waals surface area contributed by atoms with Crippen molar-refractivity contribution in [1.82, 2.24) is 10.3 Å². The Kier molecular flexibility index (Phi) is 2.42. The molecule has 0 saturated carbocycles. The largest absolute Gasteiger partial charge is 0.378 e. The molecule has 5 nitrogen and oxygen atoms in total. The van der Waals surface area contributed by atoms with E-state index >= 15 is 0 Å². The average Bonchev–Trinajstić information content (AvgIpc) is 2.86. The van der Waals surface area contributed by atoms with Gasteiger partial charge in [0.15, 0.2) is 5.52 Å². The molecule has 17 heavy (non-hydrogen) atoms. The van der Waals surface area contributed by atoms with Gasteiger partial charge in [-0.25, -0.2) is 4.63 Å². The number of anilines is 1. The first kappa shape index (κ1) is 10.1. The number of nitrogens with zero attached hydrogens (tertiary/aromatic N) is 3. The van der Waals surface area contributed by atoms with Crippen LogP contribution >= 0.6 is 0 Å². The number of hydrogen-bond acceptors (Lipinski definition) is 5. The molecule has 1 fully saturated rings. The lowest BCUT2D eigenvalue weighted by molar-refractivity contribution is 0.123. The van der Waals surface area contributed by atoms with Crippen molar-refractivity contribution in [3.8, 4) is 12.3 Å². The summed E-state index contributed by atoms with van der Waals surface area (Å²) in [6.45, 7) is 3.09. The average molecular weight is 229 g/mol. The smallest absolute Gasteiger partial charge is 0.158 e. The first-order valence-corrected chi connectivity index (χ1v) is 5.44. The summed E-state index contributed by atoms with van der Waals surface area (Å²) in [6, 6.07) is 3.74. The van der Waals surface area contributed by atoms with Crippen LogP contribution in [0.4, 0.5) is 5.69 Å². The normalized spacial score (nSPS) is 16.1. The highest BCUT2D eigenvalue weighted by atomic mass is 16.6. The van der Waals surface area contributed by atoms with E-state index in [1.54, 1.807) is 6.07 Å². The van der Waals surface area contributed by atoms with Gasteiger partial charge in [0, 0.05) is 18.7 Å². The third-order valence-corrected chi connectivity index (χ3v) is 2.86. The van der Waals surface area contributed by atoms with E-state index in [1.807, 2.05) is 6.07 Å². The van der Waals surface area contributed by atoms with Gasteiger partial charge in [0.2, 0.25) is 0 Å². The summed E-state index contributed by atoms with van der Waals surface area (Å²) in [4.78, 5) is 2.19. The minimum atomic E-state index is 0.696. The van der Waals surface area contributed by atoms with Crippen molar-refractivity contribution in [3.63, 3.8) is 0 Å². The number of terminal acetylenes is 1. The summed E-state index contributed by atoms with van der Waals surface area (Å²) < 4.78 is 10.1. The zero-order chi connectivity index (χ0) is 11.7. The van der Waals surface area contributed by atoms with Crippen LogP contribution in [0.15, 0.2) is 16.8 Å². The number of hydrogen-bond donors (Lipinski definition) is 0. The van der Waals surface area contributed by atoms with Gasteiger partial charge in [0.1, 0.15) is 5.52 Å². The van der Waals surface area contributed by atoms with Gasteiger partial charge in [-0.2, -0.15) is 0 Å². The number of rotatable bonds is 1. The van der Waals surface area contributed by atoms with E-state index in [0.29, 0.717) is 18.7 Å². The standard InChI is InChI=1S/C12H11N3O2/c1-2-9-7-10-12(14-17-13-10)11(8-9)15-3-5-16-6-4-15/h1,7-8H,3-6H2. The summed E-state index contributed by atoms with van der Waals surface area (Å²) in [5.41, 5.74) is 3.21. The lowest BCUT2D eigenvalue weighted by Gasteiger charge is -2.28.